The second-order valence-electron chi connectivity index (χ2n) is 7.53. The first kappa shape index (κ1) is 19.0. The van der Waals surface area contributed by atoms with Crippen LogP contribution in [0.3, 0.4) is 0 Å². The predicted octanol–water partition coefficient (Wildman–Crippen LogP) is 6.65. The van der Waals surface area contributed by atoms with Crippen LogP contribution >= 0.6 is 0 Å². The van der Waals surface area contributed by atoms with E-state index in [9.17, 15) is 0 Å². The van der Waals surface area contributed by atoms with Crippen LogP contribution in [0.5, 0.6) is 0 Å². The van der Waals surface area contributed by atoms with Crippen LogP contribution in [0, 0.1) is 0 Å². The molecule has 0 aliphatic carbocycles. The van der Waals surface area contributed by atoms with Gasteiger partial charge in [0.1, 0.15) is 0 Å². The van der Waals surface area contributed by atoms with Crippen molar-refractivity contribution in [2.24, 2.45) is 0 Å². The van der Waals surface area contributed by atoms with E-state index < -0.39 is 0 Å². The normalized spacial score (nSPS) is 11.3. The van der Waals surface area contributed by atoms with Crippen LogP contribution in [0.1, 0.15) is 50.7 Å². The minimum atomic E-state index is -0.0600. The Morgan fingerprint density at radius 3 is 1.42 bits per heavy atom. The molecule has 0 saturated heterocycles. The van der Waals surface area contributed by atoms with Gasteiger partial charge in [-0.3, -0.25) is 0 Å². The molecule has 0 spiro atoms. The number of hydrogen-bond donors (Lipinski definition) is 0. The van der Waals surface area contributed by atoms with Crippen molar-refractivity contribution in [1.29, 1.82) is 0 Å². The molecule has 0 nitrogen and oxygen atoms in total. The molecule has 0 aliphatic rings. The summed E-state index contributed by atoms with van der Waals surface area (Å²) in [6, 6.07) is 24.5. The molecule has 3 aromatic rings. The minimum absolute atomic E-state index is 0.0600. The molecule has 2 radical (unpaired) electrons. The topological polar surface area (TPSA) is 0 Å². The van der Waals surface area contributed by atoms with Gasteiger partial charge < -0.3 is 0 Å². The van der Waals surface area contributed by atoms with Crippen molar-refractivity contribution in [3.8, 4) is 22.3 Å². The summed E-state index contributed by atoms with van der Waals surface area (Å²) in [7, 11) is 0. The van der Waals surface area contributed by atoms with Gasteiger partial charge in [-0.1, -0.05) is 0 Å². The van der Waals surface area contributed by atoms with E-state index >= 15 is 0 Å². The van der Waals surface area contributed by atoms with E-state index in [1.54, 1.807) is 15.5 Å². The van der Waals surface area contributed by atoms with Crippen molar-refractivity contribution < 1.29 is 0 Å². The van der Waals surface area contributed by atoms with Crippen LogP contribution < -0.4 is 4.40 Å². The summed E-state index contributed by atoms with van der Waals surface area (Å²) >= 11 is -0.0600. The molecule has 3 rings (SSSR count). The second kappa shape index (κ2) is 8.26. The monoisotopic (exact) mass is 402 g/mol. The van der Waals surface area contributed by atoms with Gasteiger partial charge in [-0.25, -0.2) is 0 Å². The zero-order chi connectivity index (χ0) is 18.7. The third kappa shape index (κ3) is 3.96. The van der Waals surface area contributed by atoms with E-state index in [4.69, 9.17) is 0 Å². The van der Waals surface area contributed by atoms with Gasteiger partial charge in [0.15, 0.2) is 0 Å². The van der Waals surface area contributed by atoms with Crippen LogP contribution in [-0.4, -0.2) is 15.4 Å². The van der Waals surface area contributed by atoms with Gasteiger partial charge in [0.05, 0.1) is 0 Å². The van der Waals surface area contributed by atoms with Crippen molar-refractivity contribution in [1.82, 2.24) is 0 Å². The van der Waals surface area contributed by atoms with Gasteiger partial charge in [-0.2, -0.15) is 0 Å². The third-order valence-electron chi connectivity index (χ3n) is 5.02. The Balaban J connectivity index is 2.06. The molecule has 0 aliphatic heterocycles. The average Bonchev–Trinajstić information content (AvgIpc) is 2.67. The van der Waals surface area contributed by atoms with Crippen LogP contribution in [0.25, 0.3) is 22.3 Å². The van der Waals surface area contributed by atoms with Gasteiger partial charge >= 0.3 is 165 Å². The summed E-state index contributed by atoms with van der Waals surface area (Å²) in [5.74, 6) is 3.56. The SMILES string of the molecule is [CH3][Ge][c]1c(C(C)C)cc(-c2ccc(-c3ccccc3)cc2)cc1C(C)C. The summed E-state index contributed by atoms with van der Waals surface area (Å²) in [4.78, 5) is 0. The third-order valence-corrected chi connectivity index (χ3v) is 7.28. The summed E-state index contributed by atoms with van der Waals surface area (Å²) in [5, 5.41) is 0. The summed E-state index contributed by atoms with van der Waals surface area (Å²) < 4.78 is 1.67. The number of benzene rings is 3. The molecule has 0 heterocycles. The van der Waals surface area contributed by atoms with E-state index in [-0.39, 0.29) is 15.4 Å². The first-order valence-corrected chi connectivity index (χ1v) is 12.7. The van der Waals surface area contributed by atoms with Crippen molar-refractivity contribution >= 4 is 19.8 Å². The van der Waals surface area contributed by atoms with E-state index in [1.807, 2.05) is 0 Å². The van der Waals surface area contributed by atoms with E-state index in [1.165, 1.54) is 22.3 Å². The molecule has 0 amide bonds. The van der Waals surface area contributed by atoms with Gasteiger partial charge in [0.25, 0.3) is 0 Å². The summed E-state index contributed by atoms with van der Waals surface area (Å²) in [6.07, 6.45) is 0. The Morgan fingerprint density at radius 2 is 1.00 bits per heavy atom. The van der Waals surface area contributed by atoms with Crippen molar-refractivity contribution in [3.63, 3.8) is 0 Å². The fourth-order valence-electron chi connectivity index (χ4n) is 3.54. The molecule has 0 fully saturated rings. The Morgan fingerprint density at radius 1 is 0.577 bits per heavy atom. The van der Waals surface area contributed by atoms with E-state index in [0.29, 0.717) is 11.8 Å². The van der Waals surface area contributed by atoms with E-state index in [2.05, 4.69) is 100 Å². The zero-order valence-electron chi connectivity index (χ0n) is 16.5. The van der Waals surface area contributed by atoms with Gasteiger partial charge in [0.2, 0.25) is 0 Å². The van der Waals surface area contributed by atoms with Gasteiger partial charge in [0, 0.05) is 0 Å². The van der Waals surface area contributed by atoms with Crippen molar-refractivity contribution in [2.45, 2.75) is 45.3 Å². The van der Waals surface area contributed by atoms with Crippen LogP contribution in [-0.2, 0) is 0 Å². The molecule has 0 saturated carbocycles. The molecular weight excluding hydrogens is 373 g/mol. The molecule has 0 aromatic heterocycles. The number of rotatable bonds is 5. The van der Waals surface area contributed by atoms with E-state index in [0.717, 1.165) is 0 Å². The molecular formula is C25H28Ge. The molecule has 0 N–H and O–H groups in total. The first-order chi connectivity index (χ1) is 12.5. The molecule has 0 unspecified atom stereocenters. The standard InChI is InChI=1S/C25H28Ge/c1-17(2)23-15-22(16-24(18(3)4)25(23)26-5)21-13-11-20(12-14-21)19-9-7-6-8-10-19/h6-18H,1-5H3. The summed E-state index contributed by atoms with van der Waals surface area (Å²) in [6.45, 7) is 9.31. The second-order valence-corrected chi connectivity index (χ2v) is 9.63. The molecule has 26 heavy (non-hydrogen) atoms. The Bertz CT molecular complexity index is 829. The zero-order valence-corrected chi connectivity index (χ0v) is 18.6. The van der Waals surface area contributed by atoms with Crippen molar-refractivity contribution in [2.75, 3.05) is 0 Å². The summed E-state index contributed by atoms with van der Waals surface area (Å²) in [5.41, 5.74) is 8.34. The predicted molar refractivity (Wildman–Crippen MR) is 117 cm³/mol. The fourth-order valence-corrected chi connectivity index (χ4v) is 6.26. The van der Waals surface area contributed by atoms with Crippen LogP contribution in [0.4, 0.5) is 0 Å². The Kier molecular flexibility index (Phi) is 6.03. The fraction of sp³-hybridized carbons (Fsp3) is 0.280. The van der Waals surface area contributed by atoms with Gasteiger partial charge in [-0.05, 0) is 0 Å². The molecule has 1 heteroatoms. The molecule has 0 atom stereocenters. The molecule has 0 bridgehead atoms. The average molecular weight is 401 g/mol. The van der Waals surface area contributed by atoms with Crippen LogP contribution in [0.15, 0.2) is 66.7 Å². The molecule has 132 valence electrons. The quantitative estimate of drug-likeness (QED) is 0.421. The van der Waals surface area contributed by atoms with Gasteiger partial charge in [-0.15, -0.1) is 0 Å². The first-order valence-electron chi connectivity index (χ1n) is 9.52. The number of hydrogen-bond acceptors (Lipinski definition) is 0. The molecule has 3 aromatic carbocycles. The Hall–Kier alpha value is -1.80. The maximum atomic E-state index is 2.44. The maximum absolute atomic E-state index is 2.44. The van der Waals surface area contributed by atoms with Crippen LogP contribution in [0.2, 0.25) is 5.76 Å². The van der Waals surface area contributed by atoms with Crippen molar-refractivity contribution in [3.05, 3.63) is 77.9 Å². The Labute approximate surface area is 165 Å².